The molecule has 1 aliphatic rings. The number of rotatable bonds is 4. The highest BCUT2D eigenvalue weighted by atomic mass is 16.6. The molecule has 1 N–H and O–H groups in total. The van der Waals surface area contributed by atoms with Crippen molar-refractivity contribution in [3.8, 4) is 0 Å². The lowest BCUT2D eigenvalue weighted by molar-refractivity contribution is -0.384. The Morgan fingerprint density at radius 3 is 2.83 bits per heavy atom. The minimum Gasteiger partial charge on any atom is -0.383 e. The zero-order valence-electron chi connectivity index (χ0n) is 10.2. The first-order valence-electron chi connectivity index (χ1n) is 5.84. The van der Waals surface area contributed by atoms with Crippen LogP contribution in [0.4, 0.5) is 11.4 Å². The van der Waals surface area contributed by atoms with Crippen LogP contribution in [0, 0.1) is 10.1 Å². The third kappa shape index (κ3) is 2.42. The third-order valence-electron chi connectivity index (χ3n) is 3.07. The minimum absolute atomic E-state index is 0.0432. The van der Waals surface area contributed by atoms with Crippen molar-refractivity contribution < 1.29 is 9.72 Å². The molecule has 0 spiro atoms. The van der Waals surface area contributed by atoms with Gasteiger partial charge in [-0.25, -0.2) is 0 Å². The van der Waals surface area contributed by atoms with E-state index in [0.717, 1.165) is 18.5 Å². The van der Waals surface area contributed by atoms with Crippen molar-refractivity contribution in [2.45, 2.75) is 19.4 Å². The number of hydrogen-bond acceptors (Lipinski definition) is 4. The molecule has 0 atom stereocenters. The molecule has 6 nitrogen and oxygen atoms in total. The van der Waals surface area contributed by atoms with Gasteiger partial charge in [-0.1, -0.05) is 6.07 Å². The van der Waals surface area contributed by atoms with Gasteiger partial charge < -0.3 is 10.2 Å². The topological polar surface area (TPSA) is 75.5 Å². The normalized spacial score (nSPS) is 14.9. The highest BCUT2D eigenvalue weighted by Crippen LogP contribution is 2.26. The number of likely N-dealkylation sites (tertiary alicyclic amines) is 1. The molecule has 6 heteroatoms. The van der Waals surface area contributed by atoms with E-state index in [1.807, 2.05) is 6.07 Å². The van der Waals surface area contributed by atoms with E-state index in [-0.39, 0.29) is 11.6 Å². The van der Waals surface area contributed by atoms with Gasteiger partial charge in [0.05, 0.1) is 4.92 Å². The Labute approximate surface area is 105 Å². The molecule has 2 rings (SSSR count). The zero-order valence-corrected chi connectivity index (χ0v) is 10.2. The van der Waals surface area contributed by atoms with Crippen LogP contribution in [0.15, 0.2) is 18.2 Å². The van der Waals surface area contributed by atoms with E-state index in [1.165, 1.54) is 6.07 Å². The molecule has 0 saturated carbocycles. The summed E-state index contributed by atoms with van der Waals surface area (Å²) in [6.45, 7) is 1.18. The van der Waals surface area contributed by atoms with Gasteiger partial charge in [0.1, 0.15) is 5.69 Å². The van der Waals surface area contributed by atoms with E-state index in [9.17, 15) is 14.9 Å². The molecule has 1 amide bonds. The maximum Gasteiger partial charge on any atom is 0.292 e. The Balaban J connectivity index is 2.21. The van der Waals surface area contributed by atoms with Gasteiger partial charge in [-0.05, 0) is 18.1 Å². The van der Waals surface area contributed by atoms with Crippen LogP contribution in [0.1, 0.15) is 18.4 Å². The lowest BCUT2D eigenvalue weighted by Gasteiger charge is -2.15. The van der Waals surface area contributed by atoms with Crippen LogP contribution in [0.5, 0.6) is 0 Å². The van der Waals surface area contributed by atoms with Crippen LogP contribution in [-0.4, -0.2) is 29.3 Å². The van der Waals surface area contributed by atoms with Gasteiger partial charge >= 0.3 is 0 Å². The van der Waals surface area contributed by atoms with Gasteiger partial charge in [-0.2, -0.15) is 0 Å². The lowest BCUT2D eigenvalue weighted by Crippen LogP contribution is -2.23. The molecule has 1 fully saturated rings. The molecule has 0 radical (unpaired) electrons. The summed E-state index contributed by atoms with van der Waals surface area (Å²) in [5.41, 5.74) is 1.31. The summed E-state index contributed by atoms with van der Waals surface area (Å²) in [7, 11) is 1.64. The van der Waals surface area contributed by atoms with Crippen LogP contribution in [0.25, 0.3) is 0 Å². The van der Waals surface area contributed by atoms with Crippen molar-refractivity contribution in [2.75, 3.05) is 18.9 Å². The SMILES string of the molecule is CNc1ccc(CN2CCCC2=O)cc1[N+](=O)[O-]. The molecule has 0 unspecified atom stereocenters. The van der Waals surface area contributed by atoms with Crippen molar-refractivity contribution in [3.05, 3.63) is 33.9 Å². The highest BCUT2D eigenvalue weighted by Gasteiger charge is 2.21. The van der Waals surface area contributed by atoms with E-state index in [1.54, 1.807) is 18.0 Å². The largest absolute Gasteiger partial charge is 0.383 e. The van der Waals surface area contributed by atoms with Gasteiger partial charge in [0.25, 0.3) is 5.69 Å². The van der Waals surface area contributed by atoms with Crippen molar-refractivity contribution in [2.24, 2.45) is 0 Å². The van der Waals surface area contributed by atoms with E-state index in [4.69, 9.17) is 0 Å². The fourth-order valence-corrected chi connectivity index (χ4v) is 2.13. The molecule has 1 heterocycles. The first-order valence-corrected chi connectivity index (χ1v) is 5.84. The van der Waals surface area contributed by atoms with Crippen LogP contribution in [0.2, 0.25) is 0 Å². The fraction of sp³-hybridized carbons (Fsp3) is 0.417. The zero-order chi connectivity index (χ0) is 13.1. The number of anilines is 1. The number of benzene rings is 1. The van der Waals surface area contributed by atoms with Gasteiger partial charge in [0, 0.05) is 32.6 Å². The molecule has 1 saturated heterocycles. The number of nitrogens with one attached hydrogen (secondary N) is 1. The van der Waals surface area contributed by atoms with Gasteiger partial charge in [-0.15, -0.1) is 0 Å². The van der Waals surface area contributed by atoms with E-state index in [2.05, 4.69) is 5.32 Å². The van der Waals surface area contributed by atoms with Gasteiger partial charge in [-0.3, -0.25) is 14.9 Å². The first kappa shape index (κ1) is 12.3. The summed E-state index contributed by atoms with van der Waals surface area (Å²) in [6, 6.07) is 5.01. The molecule has 1 aromatic rings. The number of amides is 1. The monoisotopic (exact) mass is 249 g/mol. The number of nitro groups is 1. The van der Waals surface area contributed by atoms with Gasteiger partial charge in [0.2, 0.25) is 5.91 Å². The molecule has 1 aromatic carbocycles. The minimum atomic E-state index is -0.416. The highest BCUT2D eigenvalue weighted by molar-refractivity contribution is 5.78. The van der Waals surface area contributed by atoms with Crippen molar-refractivity contribution in [1.29, 1.82) is 0 Å². The molecule has 18 heavy (non-hydrogen) atoms. The third-order valence-corrected chi connectivity index (χ3v) is 3.07. The first-order chi connectivity index (χ1) is 8.61. The average Bonchev–Trinajstić information content (AvgIpc) is 2.75. The number of hydrogen-bond donors (Lipinski definition) is 1. The van der Waals surface area contributed by atoms with E-state index in [0.29, 0.717) is 18.7 Å². The molecule has 1 aliphatic heterocycles. The second-order valence-corrected chi connectivity index (χ2v) is 4.28. The Kier molecular flexibility index (Phi) is 3.45. The molecule has 0 aromatic heterocycles. The Hall–Kier alpha value is -2.11. The lowest BCUT2D eigenvalue weighted by atomic mass is 10.1. The smallest absolute Gasteiger partial charge is 0.292 e. The van der Waals surface area contributed by atoms with Gasteiger partial charge in [0.15, 0.2) is 0 Å². The molecule has 0 bridgehead atoms. The summed E-state index contributed by atoms with van der Waals surface area (Å²) in [4.78, 5) is 23.7. The average molecular weight is 249 g/mol. The summed E-state index contributed by atoms with van der Waals surface area (Å²) in [6.07, 6.45) is 1.45. The fourth-order valence-electron chi connectivity index (χ4n) is 2.13. The van der Waals surface area contributed by atoms with Crippen molar-refractivity contribution in [1.82, 2.24) is 4.90 Å². The Morgan fingerprint density at radius 1 is 1.50 bits per heavy atom. The second kappa shape index (κ2) is 5.03. The van der Waals surface area contributed by atoms with Crippen molar-refractivity contribution in [3.63, 3.8) is 0 Å². The summed E-state index contributed by atoms with van der Waals surface area (Å²) >= 11 is 0. The Morgan fingerprint density at radius 2 is 2.28 bits per heavy atom. The summed E-state index contributed by atoms with van der Waals surface area (Å²) in [5.74, 6) is 0.121. The van der Waals surface area contributed by atoms with E-state index >= 15 is 0 Å². The van der Waals surface area contributed by atoms with Crippen LogP contribution in [0.3, 0.4) is 0 Å². The van der Waals surface area contributed by atoms with Crippen LogP contribution >= 0.6 is 0 Å². The molecular weight excluding hydrogens is 234 g/mol. The summed E-state index contributed by atoms with van der Waals surface area (Å²) < 4.78 is 0. The predicted molar refractivity (Wildman–Crippen MR) is 67.3 cm³/mol. The van der Waals surface area contributed by atoms with Crippen LogP contribution in [-0.2, 0) is 11.3 Å². The number of carbonyl (C=O) groups is 1. The van der Waals surface area contributed by atoms with E-state index < -0.39 is 4.92 Å². The summed E-state index contributed by atoms with van der Waals surface area (Å²) in [5, 5.41) is 13.7. The maximum atomic E-state index is 11.5. The number of nitro benzene ring substituents is 1. The number of carbonyl (C=O) groups excluding carboxylic acids is 1. The number of nitrogens with zero attached hydrogens (tertiary/aromatic N) is 2. The van der Waals surface area contributed by atoms with Crippen molar-refractivity contribution >= 4 is 17.3 Å². The maximum absolute atomic E-state index is 11.5. The quantitative estimate of drug-likeness (QED) is 0.651. The van der Waals surface area contributed by atoms with Crippen LogP contribution < -0.4 is 5.32 Å². The second-order valence-electron chi connectivity index (χ2n) is 4.28. The Bertz CT molecular complexity index is 487. The molecule has 96 valence electrons. The standard InChI is InChI=1S/C12H15N3O3/c1-13-10-5-4-9(7-11(10)15(17)18)8-14-6-2-3-12(14)16/h4-5,7,13H,2-3,6,8H2,1H3. The molecular formula is C12H15N3O3. The molecule has 0 aliphatic carbocycles. The predicted octanol–water partition coefficient (Wildman–Crippen LogP) is 1.76.